The Morgan fingerprint density at radius 2 is 2.10 bits per heavy atom. The number of nitrogens with zero attached hydrogens (tertiary/aromatic N) is 1. The second-order valence-electron chi connectivity index (χ2n) is 1.79. The minimum atomic E-state index is -0.326. The molecule has 0 aromatic carbocycles. The molecule has 0 aliphatic heterocycles. The average molecular weight is 139 g/mol. The summed E-state index contributed by atoms with van der Waals surface area (Å²) in [6, 6.07) is 3.55. The lowest BCUT2D eigenvalue weighted by molar-refractivity contribution is 0.154. The highest BCUT2D eigenvalue weighted by Crippen LogP contribution is 1.91. The molecule has 0 amide bonds. The molecule has 0 atom stereocenters. The Labute approximate surface area is 59.2 Å². The van der Waals surface area contributed by atoms with Crippen molar-refractivity contribution in [2.75, 3.05) is 6.61 Å². The van der Waals surface area contributed by atoms with Crippen molar-refractivity contribution < 1.29 is 9.53 Å². The van der Waals surface area contributed by atoms with Crippen LogP contribution in [0.5, 0.6) is 0 Å². The van der Waals surface area contributed by atoms with E-state index in [1.807, 2.05) is 0 Å². The molecule has 1 aromatic heterocycles. The van der Waals surface area contributed by atoms with Gasteiger partial charge in [0.25, 0.3) is 0 Å². The molecule has 54 valence electrons. The Morgan fingerprint density at radius 1 is 1.50 bits per heavy atom. The maximum absolute atomic E-state index is 10.8. The predicted molar refractivity (Wildman–Crippen MR) is 36.9 cm³/mol. The molecule has 1 rings (SSSR count). The summed E-state index contributed by atoms with van der Waals surface area (Å²) in [5, 5.41) is 0. The molecule has 1 heterocycles. The molecule has 0 unspecified atom stereocenters. The zero-order valence-corrected chi connectivity index (χ0v) is 5.78. The van der Waals surface area contributed by atoms with Crippen LogP contribution in [-0.4, -0.2) is 17.3 Å². The average Bonchev–Trinajstić information content (AvgIpc) is 2.38. The molecule has 1 aromatic rings. The van der Waals surface area contributed by atoms with E-state index in [0.29, 0.717) is 6.61 Å². The first kappa shape index (κ1) is 6.86. The molecule has 0 spiro atoms. The van der Waals surface area contributed by atoms with Gasteiger partial charge in [0.1, 0.15) is 0 Å². The highest BCUT2D eigenvalue weighted by molar-refractivity contribution is 5.70. The maximum atomic E-state index is 10.8. The van der Waals surface area contributed by atoms with E-state index >= 15 is 0 Å². The Hall–Kier alpha value is -1.25. The first-order valence-electron chi connectivity index (χ1n) is 3.14. The monoisotopic (exact) mass is 139 g/mol. The van der Waals surface area contributed by atoms with E-state index in [2.05, 4.69) is 0 Å². The van der Waals surface area contributed by atoms with Crippen LogP contribution in [0.3, 0.4) is 0 Å². The lowest BCUT2D eigenvalue weighted by Gasteiger charge is -1.99. The fraction of sp³-hybridized carbons (Fsp3) is 0.286. The summed E-state index contributed by atoms with van der Waals surface area (Å²) in [5.41, 5.74) is 0. The van der Waals surface area contributed by atoms with Crippen molar-refractivity contribution in [2.45, 2.75) is 6.92 Å². The predicted octanol–water partition coefficient (Wildman–Crippen LogP) is 1.49. The van der Waals surface area contributed by atoms with E-state index in [-0.39, 0.29) is 6.09 Å². The van der Waals surface area contributed by atoms with Gasteiger partial charge in [-0.1, -0.05) is 0 Å². The Balaban J connectivity index is 2.59. The number of carbonyl (C=O) groups is 1. The lowest BCUT2D eigenvalue weighted by Crippen LogP contribution is -2.10. The van der Waals surface area contributed by atoms with Crippen molar-refractivity contribution in [1.82, 2.24) is 4.57 Å². The molecule has 10 heavy (non-hydrogen) atoms. The van der Waals surface area contributed by atoms with Gasteiger partial charge in [-0.05, 0) is 19.1 Å². The molecule has 0 radical (unpaired) electrons. The minimum Gasteiger partial charge on any atom is -0.449 e. The lowest BCUT2D eigenvalue weighted by atomic mass is 10.7. The van der Waals surface area contributed by atoms with Gasteiger partial charge in [0.05, 0.1) is 6.61 Å². The van der Waals surface area contributed by atoms with Crippen molar-refractivity contribution >= 4 is 6.09 Å². The van der Waals surface area contributed by atoms with Crippen molar-refractivity contribution in [1.29, 1.82) is 0 Å². The molecule has 0 N–H and O–H groups in total. The van der Waals surface area contributed by atoms with Crippen LogP contribution < -0.4 is 0 Å². The molecule has 0 fully saturated rings. The van der Waals surface area contributed by atoms with E-state index < -0.39 is 0 Å². The SMILES string of the molecule is CCOC(=O)n1cccc1. The quantitative estimate of drug-likeness (QED) is 0.590. The zero-order chi connectivity index (χ0) is 7.40. The summed E-state index contributed by atoms with van der Waals surface area (Å²) >= 11 is 0. The second kappa shape index (κ2) is 3.06. The molecule has 3 heteroatoms. The van der Waals surface area contributed by atoms with Gasteiger partial charge >= 0.3 is 6.09 Å². The molecule has 3 nitrogen and oxygen atoms in total. The molecule has 0 aliphatic rings. The van der Waals surface area contributed by atoms with E-state index in [9.17, 15) is 4.79 Å². The smallest absolute Gasteiger partial charge is 0.417 e. The van der Waals surface area contributed by atoms with Crippen LogP contribution in [-0.2, 0) is 4.74 Å². The number of rotatable bonds is 1. The first-order valence-corrected chi connectivity index (χ1v) is 3.14. The highest BCUT2D eigenvalue weighted by atomic mass is 16.5. The van der Waals surface area contributed by atoms with Gasteiger partial charge in [0.2, 0.25) is 0 Å². The number of aromatic nitrogens is 1. The summed E-state index contributed by atoms with van der Waals surface area (Å²) in [6.45, 7) is 2.19. The maximum Gasteiger partial charge on any atom is 0.417 e. The van der Waals surface area contributed by atoms with Gasteiger partial charge in [-0.15, -0.1) is 0 Å². The summed E-state index contributed by atoms with van der Waals surface area (Å²) < 4.78 is 6.10. The van der Waals surface area contributed by atoms with E-state index in [4.69, 9.17) is 4.74 Å². The molecular formula is C7H9NO2. The molecule has 0 aliphatic carbocycles. The van der Waals surface area contributed by atoms with E-state index in [0.717, 1.165) is 0 Å². The Bertz CT molecular complexity index is 203. The number of hydrogen-bond donors (Lipinski definition) is 0. The number of carbonyl (C=O) groups excluding carboxylic acids is 1. The second-order valence-corrected chi connectivity index (χ2v) is 1.79. The van der Waals surface area contributed by atoms with E-state index in [1.165, 1.54) is 4.57 Å². The highest BCUT2D eigenvalue weighted by Gasteiger charge is 1.99. The molecular weight excluding hydrogens is 130 g/mol. The van der Waals surface area contributed by atoms with Gasteiger partial charge in [0, 0.05) is 12.4 Å². The summed E-state index contributed by atoms with van der Waals surface area (Å²) in [4.78, 5) is 10.8. The van der Waals surface area contributed by atoms with Gasteiger partial charge in [-0.3, -0.25) is 4.57 Å². The third-order valence-corrected chi connectivity index (χ3v) is 1.08. The Kier molecular flexibility index (Phi) is 2.10. The van der Waals surface area contributed by atoms with Gasteiger partial charge in [-0.25, -0.2) is 4.79 Å². The van der Waals surface area contributed by atoms with Crippen LogP contribution in [0.1, 0.15) is 6.92 Å². The summed E-state index contributed by atoms with van der Waals surface area (Å²) in [5.74, 6) is 0. The topological polar surface area (TPSA) is 31.2 Å². The van der Waals surface area contributed by atoms with Crippen LogP contribution in [0.2, 0.25) is 0 Å². The third-order valence-electron chi connectivity index (χ3n) is 1.08. The van der Waals surface area contributed by atoms with Gasteiger partial charge in [0.15, 0.2) is 0 Å². The minimum absolute atomic E-state index is 0.326. The van der Waals surface area contributed by atoms with Crippen molar-refractivity contribution in [2.24, 2.45) is 0 Å². The zero-order valence-electron chi connectivity index (χ0n) is 5.78. The van der Waals surface area contributed by atoms with Gasteiger partial charge in [-0.2, -0.15) is 0 Å². The third kappa shape index (κ3) is 1.37. The normalized spacial score (nSPS) is 9.30. The van der Waals surface area contributed by atoms with Crippen LogP contribution in [0.25, 0.3) is 0 Å². The van der Waals surface area contributed by atoms with Crippen LogP contribution in [0.4, 0.5) is 4.79 Å². The van der Waals surface area contributed by atoms with E-state index in [1.54, 1.807) is 31.5 Å². The molecule has 0 bridgehead atoms. The molecule has 0 saturated heterocycles. The largest absolute Gasteiger partial charge is 0.449 e. The standard InChI is InChI=1S/C7H9NO2/c1-2-10-7(9)8-5-3-4-6-8/h3-6H,2H2,1H3. The van der Waals surface area contributed by atoms with Crippen molar-refractivity contribution in [3.05, 3.63) is 24.5 Å². The van der Waals surface area contributed by atoms with Crippen molar-refractivity contribution in [3.63, 3.8) is 0 Å². The fourth-order valence-corrected chi connectivity index (χ4v) is 0.654. The van der Waals surface area contributed by atoms with Crippen molar-refractivity contribution in [3.8, 4) is 0 Å². The number of ether oxygens (including phenoxy) is 1. The Morgan fingerprint density at radius 3 is 2.60 bits per heavy atom. The first-order chi connectivity index (χ1) is 4.84. The summed E-state index contributed by atoms with van der Waals surface area (Å²) in [6.07, 6.45) is 2.98. The molecule has 0 saturated carbocycles. The fourth-order valence-electron chi connectivity index (χ4n) is 0.654. The van der Waals surface area contributed by atoms with Crippen LogP contribution in [0, 0.1) is 0 Å². The van der Waals surface area contributed by atoms with Crippen LogP contribution in [0.15, 0.2) is 24.5 Å². The van der Waals surface area contributed by atoms with Gasteiger partial charge < -0.3 is 4.74 Å². The number of hydrogen-bond acceptors (Lipinski definition) is 2. The van der Waals surface area contributed by atoms with Crippen LogP contribution >= 0.6 is 0 Å². The summed E-state index contributed by atoms with van der Waals surface area (Å²) in [7, 11) is 0.